The monoisotopic (exact) mass is 565 g/mol. The zero-order valence-corrected chi connectivity index (χ0v) is 23.2. The Kier molecular flexibility index (Phi) is 8.31. The van der Waals surface area contributed by atoms with E-state index < -0.39 is 17.7 Å². The first-order chi connectivity index (χ1) is 19.8. The van der Waals surface area contributed by atoms with Gasteiger partial charge >= 0.3 is 0 Å². The number of hydroxylamine groups is 1. The summed E-state index contributed by atoms with van der Waals surface area (Å²) >= 11 is 0. The molecule has 5 rings (SSSR count). The number of nitrogens with one attached hydrogen (secondary N) is 2. The highest BCUT2D eigenvalue weighted by Gasteiger charge is 2.32. The first kappa shape index (κ1) is 28.2. The molecule has 2 aliphatic heterocycles. The van der Waals surface area contributed by atoms with Crippen LogP contribution in [-0.4, -0.2) is 67.7 Å². The average molecular weight is 566 g/mol. The number of ether oxygens (including phenoxy) is 1. The maximum atomic E-state index is 14.6. The molecule has 1 aromatic heterocycles. The van der Waals surface area contributed by atoms with Crippen LogP contribution in [0.1, 0.15) is 24.4 Å². The Hall–Kier alpha value is -4.29. The van der Waals surface area contributed by atoms with Crippen LogP contribution in [0.25, 0.3) is 0 Å². The predicted molar refractivity (Wildman–Crippen MR) is 154 cm³/mol. The number of methoxy groups -OCH3 is 1. The Morgan fingerprint density at radius 1 is 1.17 bits per heavy atom. The Morgan fingerprint density at radius 3 is 2.73 bits per heavy atom. The summed E-state index contributed by atoms with van der Waals surface area (Å²) in [6.45, 7) is 5.53. The van der Waals surface area contributed by atoms with Crippen LogP contribution in [0.4, 0.5) is 37.5 Å². The van der Waals surface area contributed by atoms with Crippen molar-refractivity contribution in [1.82, 2.24) is 14.9 Å². The van der Waals surface area contributed by atoms with Crippen molar-refractivity contribution in [2.45, 2.75) is 24.9 Å². The average Bonchev–Trinajstić information content (AvgIpc) is 3.65. The van der Waals surface area contributed by atoms with Gasteiger partial charge in [-0.05, 0) is 50.9 Å². The number of likely N-dealkylation sites (N-methyl/N-ethyl adjacent to an activating group) is 1. The second-order valence-electron chi connectivity index (χ2n) is 10.1. The number of amides is 1. The molecular weight excluding hydrogens is 532 g/mol. The fourth-order valence-electron chi connectivity index (χ4n) is 5.18. The van der Waals surface area contributed by atoms with E-state index in [0.29, 0.717) is 47.8 Å². The highest BCUT2D eigenvalue weighted by Crippen LogP contribution is 2.41. The number of hydrogen-bond donors (Lipinski definition) is 2. The van der Waals surface area contributed by atoms with Crippen molar-refractivity contribution in [2.24, 2.45) is 0 Å². The zero-order valence-electron chi connectivity index (χ0n) is 23.2. The molecule has 2 saturated heterocycles. The summed E-state index contributed by atoms with van der Waals surface area (Å²) in [6, 6.07) is 8.51. The summed E-state index contributed by atoms with van der Waals surface area (Å²) < 4.78 is 34.2. The number of nitrogens with zero attached hydrogens (tertiary/aromatic N) is 5. The van der Waals surface area contributed by atoms with Crippen LogP contribution < -0.4 is 25.3 Å². The van der Waals surface area contributed by atoms with Crippen LogP contribution in [0.5, 0.6) is 5.75 Å². The smallest absolute Gasteiger partial charge is 0.247 e. The van der Waals surface area contributed by atoms with Gasteiger partial charge in [0.1, 0.15) is 29.5 Å². The molecule has 3 aromatic rings. The predicted octanol–water partition coefficient (Wildman–Crippen LogP) is 4.65. The van der Waals surface area contributed by atoms with E-state index in [9.17, 15) is 13.6 Å². The molecule has 2 fully saturated rings. The molecule has 0 unspecified atom stereocenters. The van der Waals surface area contributed by atoms with Crippen LogP contribution in [-0.2, 0) is 9.63 Å². The van der Waals surface area contributed by atoms with Gasteiger partial charge in [0.05, 0.1) is 36.8 Å². The fourth-order valence-corrected chi connectivity index (χ4v) is 5.18. The molecule has 2 aromatic carbocycles. The minimum Gasteiger partial charge on any atom is -0.494 e. The van der Waals surface area contributed by atoms with E-state index in [2.05, 4.69) is 51.1 Å². The summed E-state index contributed by atoms with van der Waals surface area (Å²) in [5, 5.41) is 7.62. The van der Waals surface area contributed by atoms with Gasteiger partial charge in [-0.1, -0.05) is 6.58 Å². The third kappa shape index (κ3) is 6.08. The van der Waals surface area contributed by atoms with Crippen molar-refractivity contribution in [3.8, 4) is 5.75 Å². The summed E-state index contributed by atoms with van der Waals surface area (Å²) in [5.74, 6) is -0.0624. The molecule has 1 amide bonds. The van der Waals surface area contributed by atoms with E-state index in [1.54, 1.807) is 19.2 Å². The number of anilines is 5. The number of carbonyl (C=O) groups is 1. The molecule has 2 atom stereocenters. The quantitative estimate of drug-likeness (QED) is 0.360. The number of benzene rings is 2. The van der Waals surface area contributed by atoms with E-state index >= 15 is 0 Å². The first-order valence-electron chi connectivity index (χ1n) is 13.3. The van der Waals surface area contributed by atoms with E-state index in [4.69, 9.17) is 9.57 Å². The van der Waals surface area contributed by atoms with E-state index in [-0.39, 0.29) is 11.5 Å². The minimum atomic E-state index is -0.561. The SMILES string of the molecule is C=CC(=O)Nc1cc(Nc2cc(N3OCC[C@@H]3c3cc(F)ccc3F)ncn2)c(OC)cc1N1CC[C@@H](N(C)C)C1. The molecule has 41 heavy (non-hydrogen) atoms. The van der Waals surface area contributed by atoms with Crippen molar-refractivity contribution in [1.29, 1.82) is 0 Å². The van der Waals surface area contributed by atoms with Gasteiger partial charge in [0.15, 0.2) is 5.82 Å². The van der Waals surface area contributed by atoms with Crippen LogP contribution in [0, 0.1) is 11.6 Å². The van der Waals surface area contributed by atoms with Gasteiger partial charge in [0, 0.05) is 43.2 Å². The van der Waals surface area contributed by atoms with Gasteiger partial charge in [-0.2, -0.15) is 0 Å². The zero-order chi connectivity index (χ0) is 29.1. The lowest BCUT2D eigenvalue weighted by Crippen LogP contribution is -2.31. The van der Waals surface area contributed by atoms with Gasteiger partial charge < -0.3 is 25.2 Å². The Morgan fingerprint density at radius 2 is 2.00 bits per heavy atom. The summed E-state index contributed by atoms with van der Waals surface area (Å²) in [7, 11) is 5.69. The second-order valence-corrected chi connectivity index (χ2v) is 10.1. The Balaban J connectivity index is 1.45. The highest BCUT2D eigenvalue weighted by molar-refractivity contribution is 6.02. The van der Waals surface area contributed by atoms with Crippen molar-refractivity contribution in [3.05, 3.63) is 72.6 Å². The third-order valence-electron chi connectivity index (χ3n) is 7.36. The summed E-state index contributed by atoms with van der Waals surface area (Å²) in [5.41, 5.74) is 2.17. The lowest BCUT2D eigenvalue weighted by Gasteiger charge is -2.26. The molecule has 0 saturated carbocycles. The normalized spacial score (nSPS) is 18.6. The van der Waals surface area contributed by atoms with Gasteiger partial charge in [-0.3, -0.25) is 9.63 Å². The van der Waals surface area contributed by atoms with Crippen molar-refractivity contribution >= 4 is 34.6 Å². The fraction of sp³-hybridized carbons (Fsp3) is 0.345. The van der Waals surface area contributed by atoms with Crippen molar-refractivity contribution < 1.29 is 23.1 Å². The van der Waals surface area contributed by atoms with Crippen LogP contribution in [0.15, 0.2) is 55.4 Å². The molecule has 216 valence electrons. The summed E-state index contributed by atoms with van der Waals surface area (Å²) in [6.07, 6.45) is 4.02. The van der Waals surface area contributed by atoms with Gasteiger partial charge in [-0.15, -0.1) is 0 Å². The molecule has 0 bridgehead atoms. The maximum absolute atomic E-state index is 14.6. The number of carbonyl (C=O) groups excluding carboxylic acids is 1. The van der Waals surface area contributed by atoms with Crippen LogP contribution in [0.2, 0.25) is 0 Å². The van der Waals surface area contributed by atoms with E-state index in [1.165, 1.54) is 23.5 Å². The van der Waals surface area contributed by atoms with Crippen molar-refractivity contribution in [2.75, 3.05) is 61.5 Å². The van der Waals surface area contributed by atoms with Crippen LogP contribution >= 0.6 is 0 Å². The molecule has 0 aliphatic carbocycles. The second kappa shape index (κ2) is 12.1. The van der Waals surface area contributed by atoms with Crippen LogP contribution in [0.3, 0.4) is 0 Å². The molecule has 2 aliphatic rings. The van der Waals surface area contributed by atoms with Gasteiger partial charge in [0.2, 0.25) is 5.91 Å². The Bertz CT molecular complexity index is 1440. The molecule has 0 spiro atoms. The largest absolute Gasteiger partial charge is 0.494 e. The number of rotatable bonds is 9. The number of hydrogen-bond acceptors (Lipinski definition) is 9. The lowest BCUT2D eigenvalue weighted by molar-refractivity contribution is -0.111. The Labute approximate surface area is 237 Å². The van der Waals surface area contributed by atoms with E-state index in [0.717, 1.165) is 37.3 Å². The molecule has 12 heteroatoms. The molecule has 0 radical (unpaired) electrons. The maximum Gasteiger partial charge on any atom is 0.247 e. The molecule has 10 nitrogen and oxygen atoms in total. The lowest BCUT2D eigenvalue weighted by atomic mass is 10.0. The minimum absolute atomic E-state index is 0.189. The number of halogens is 2. The standard InChI is InChI=1S/C29H33F2N7O3/c1-5-29(39)35-22-13-23(26(40-4)14-25(22)37-10-8-19(16-37)36(2)3)34-27-15-28(33-17-32-27)38-24(9-11-41-38)20-12-18(30)6-7-21(20)31/h5-7,12-15,17,19,24H,1,8-11,16H2,2-4H3,(H,35,39)(H,32,33,34)/t19-,24-/m1/s1. The van der Waals surface area contributed by atoms with Gasteiger partial charge in [0.25, 0.3) is 0 Å². The highest BCUT2D eigenvalue weighted by atomic mass is 19.1. The molecular formula is C29H33F2N7O3. The topological polar surface area (TPSA) is 95.1 Å². The van der Waals surface area contributed by atoms with Crippen molar-refractivity contribution in [3.63, 3.8) is 0 Å². The summed E-state index contributed by atoms with van der Waals surface area (Å²) in [4.78, 5) is 31.1. The number of aromatic nitrogens is 2. The molecule has 2 N–H and O–H groups in total. The van der Waals surface area contributed by atoms with Gasteiger partial charge in [-0.25, -0.2) is 23.8 Å². The molecule has 3 heterocycles. The van der Waals surface area contributed by atoms with E-state index in [1.807, 2.05) is 6.07 Å². The first-order valence-corrected chi connectivity index (χ1v) is 13.3. The third-order valence-corrected chi connectivity index (χ3v) is 7.36.